The summed E-state index contributed by atoms with van der Waals surface area (Å²) in [7, 11) is 0. The predicted molar refractivity (Wildman–Crippen MR) is 105 cm³/mol. The van der Waals surface area contributed by atoms with Gasteiger partial charge in [-0.2, -0.15) is 5.26 Å². The topological polar surface area (TPSA) is 151 Å². The van der Waals surface area contributed by atoms with Crippen LogP contribution in [-0.4, -0.2) is 37.6 Å². The molecule has 9 heteroatoms. The molecule has 3 heterocycles. The smallest absolute Gasteiger partial charge is 0.290 e. The third kappa shape index (κ3) is 4.98. The third-order valence-electron chi connectivity index (χ3n) is 3.50. The summed E-state index contributed by atoms with van der Waals surface area (Å²) in [5.74, 6) is 0.704. The molecule has 0 bridgehead atoms. The van der Waals surface area contributed by atoms with Gasteiger partial charge in [0.2, 0.25) is 5.95 Å². The fraction of sp³-hybridized carbons (Fsp3) is 0.158. The van der Waals surface area contributed by atoms with E-state index in [1.807, 2.05) is 26.0 Å². The summed E-state index contributed by atoms with van der Waals surface area (Å²) in [4.78, 5) is 25.4. The predicted octanol–water partition coefficient (Wildman–Crippen LogP) is 2.58. The number of carboxylic acid groups (broad SMARTS) is 1. The molecule has 0 aliphatic carbocycles. The SMILES string of the molecule is CC(C)Nc1ncc(-c2cc(-c3cccnc3)nc(N)c2C#N)cn1.O=CO. The van der Waals surface area contributed by atoms with Crippen molar-refractivity contribution in [3.63, 3.8) is 0 Å². The Morgan fingerprint density at radius 2 is 1.93 bits per heavy atom. The summed E-state index contributed by atoms with van der Waals surface area (Å²) in [6.07, 6.45) is 6.72. The van der Waals surface area contributed by atoms with E-state index in [1.165, 1.54) is 0 Å². The molecule has 0 unspecified atom stereocenters. The van der Waals surface area contributed by atoms with E-state index in [0.717, 1.165) is 5.56 Å². The third-order valence-corrected chi connectivity index (χ3v) is 3.50. The first-order valence-electron chi connectivity index (χ1n) is 8.28. The Labute approximate surface area is 161 Å². The maximum Gasteiger partial charge on any atom is 0.290 e. The lowest BCUT2D eigenvalue weighted by Gasteiger charge is -2.11. The van der Waals surface area contributed by atoms with Crippen molar-refractivity contribution in [3.05, 3.63) is 48.5 Å². The van der Waals surface area contributed by atoms with Crippen LogP contribution in [0.4, 0.5) is 11.8 Å². The Morgan fingerprint density at radius 1 is 1.25 bits per heavy atom. The Morgan fingerprint density at radius 3 is 2.46 bits per heavy atom. The van der Waals surface area contributed by atoms with Crippen molar-refractivity contribution in [2.45, 2.75) is 19.9 Å². The number of nitrogens with two attached hydrogens (primary N) is 1. The van der Waals surface area contributed by atoms with Crippen LogP contribution in [0.5, 0.6) is 0 Å². The highest BCUT2D eigenvalue weighted by Crippen LogP contribution is 2.30. The normalized spacial score (nSPS) is 9.79. The molecule has 0 saturated heterocycles. The van der Waals surface area contributed by atoms with Crippen LogP contribution in [-0.2, 0) is 4.79 Å². The minimum absolute atomic E-state index is 0.170. The van der Waals surface area contributed by atoms with Gasteiger partial charge >= 0.3 is 0 Å². The summed E-state index contributed by atoms with van der Waals surface area (Å²) in [6, 6.07) is 7.86. The van der Waals surface area contributed by atoms with Crippen molar-refractivity contribution in [2.24, 2.45) is 0 Å². The Hall–Kier alpha value is -4.06. The number of nitrogens with zero attached hydrogens (tertiary/aromatic N) is 5. The average Bonchev–Trinajstić information content (AvgIpc) is 2.69. The second-order valence-corrected chi connectivity index (χ2v) is 5.87. The summed E-state index contributed by atoms with van der Waals surface area (Å²) in [5.41, 5.74) is 9.11. The molecule has 3 rings (SSSR count). The molecule has 0 saturated carbocycles. The minimum Gasteiger partial charge on any atom is -0.483 e. The summed E-state index contributed by atoms with van der Waals surface area (Å²) in [6.45, 7) is 3.77. The van der Waals surface area contributed by atoms with Crippen LogP contribution < -0.4 is 11.1 Å². The van der Waals surface area contributed by atoms with E-state index in [1.54, 1.807) is 30.9 Å². The van der Waals surface area contributed by atoms with Gasteiger partial charge in [-0.3, -0.25) is 9.78 Å². The lowest BCUT2D eigenvalue weighted by Crippen LogP contribution is -2.12. The van der Waals surface area contributed by atoms with E-state index in [-0.39, 0.29) is 18.3 Å². The number of carbonyl (C=O) groups is 1. The van der Waals surface area contributed by atoms with Gasteiger partial charge in [0.25, 0.3) is 6.47 Å². The Kier molecular flexibility index (Phi) is 6.93. The highest BCUT2D eigenvalue weighted by atomic mass is 16.3. The molecular formula is C19H19N7O2. The number of aromatic nitrogens is 4. The van der Waals surface area contributed by atoms with Crippen LogP contribution in [0.1, 0.15) is 19.4 Å². The highest BCUT2D eigenvalue weighted by Gasteiger charge is 2.14. The minimum atomic E-state index is -0.250. The quantitative estimate of drug-likeness (QED) is 0.582. The number of nitriles is 1. The lowest BCUT2D eigenvalue weighted by atomic mass is 10.0. The van der Waals surface area contributed by atoms with Crippen LogP contribution in [0.15, 0.2) is 43.0 Å². The van der Waals surface area contributed by atoms with Crippen molar-refractivity contribution in [1.82, 2.24) is 19.9 Å². The molecule has 3 aromatic rings. The molecule has 0 aliphatic rings. The van der Waals surface area contributed by atoms with Crippen LogP contribution in [0.2, 0.25) is 0 Å². The Bertz CT molecular complexity index is 968. The zero-order chi connectivity index (χ0) is 20.5. The first-order chi connectivity index (χ1) is 13.5. The van der Waals surface area contributed by atoms with Gasteiger partial charge in [-0.1, -0.05) is 0 Å². The van der Waals surface area contributed by atoms with E-state index < -0.39 is 0 Å². The van der Waals surface area contributed by atoms with Crippen LogP contribution in [0.25, 0.3) is 22.4 Å². The number of hydrogen-bond donors (Lipinski definition) is 3. The molecule has 142 valence electrons. The molecule has 0 fully saturated rings. The lowest BCUT2D eigenvalue weighted by molar-refractivity contribution is -0.122. The maximum atomic E-state index is 9.46. The highest BCUT2D eigenvalue weighted by molar-refractivity contribution is 5.79. The molecule has 0 atom stereocenters. The summed E-state index contributed by atoms with van der Waals surface area (Å²) in [5, 5.41) is 19.5. The largest absolute Gasteiger partial charge is 0.483 e. The van der Waals surface area contributed by atoms with Gasteiger partial charge in [0.15, 0.2) is 0 Å². The molecule has 0 amide bonds. The van der Waals surface area contributed by atoms with Crippen molar-refractivity contribution in [3.8, 4) is 28.5 Å². The maximum absolute atomic E-state index is 9.46. The number of pyridine rings is 2. The fourth-order valence-corrected chi connectivity index (χ4v) is 2.37. The molecule has 0 spiro atoms. The van der Waals surface area contributed by atoms with Gasteiger partial charge in [0.05, 0.1) is 5.69 Å². The summed E-state index contributed by atoms with van der Waals surface area (Å²) >= 11 is 0. The van der Waals surface area contributed by atoms with Crippen LogP contribution >= 0.6 is 0 Å². The van der Waals surface area contributed by atoms with Crippen molar-refractivity contribution in [1.29, 1.82) is 5.26 Å². The van der Waals surface area contributed by atoms with Crippen LogP contribution in [0.3, 0.4) is 0 Å². The van der Waals surface area contributed by atoms with Crippen LogP contribution in [0, 0.1) is 11.3 Å². The molecular weight excluding hydrogens is 358 g/mol. The number of nitrogen functional groups attached to an aromatic ring is 1. The second-order valence-electron chi connectivity index (χ2n) is 5.87. The van der Waals surface area contributed by atoms with E-state index >= 15 is 0 Å². The molecule has 4 N–H and O–H groups in total. The fourth-order valence-electron chi connectivity index (χ4n) is 2.37. The van der Waals surface area contributed by atoms with Gasteiger partial charge in [-0.05, 0) is 32.0 Å². The molecule has 28 heavy (non-hydrogen) atoms. The van der Waals surface area contributed by atoms with E-state index in [4.69, 9.17) is 15.6 Å². The number of anilines is 2. The molecule has 9 nitrogen and oxygen atoms in total. The molecule has 0 aliphatic heterocycles. The number of hydrogen-bond acceptors (Lipinski definition) is 8. The standard InChI is InChI=1S/C18H17N7.CH2O2/c1-11(2)24-18-22-9-13(10-23-18)14-6-16(12-4-3-5-21-8-12)25-17(20)15(14)7-19;2-1-3/h3-6,8-11H,1-2H3,(H2,20,25)(H,22,23,24);1H,(H,2,3). The molecule has 3 aromatic heterocycles. The Balaban J connectivity index is 0.000000878. The molecule has 0 radical (unpaired) electrons. The van der Waals surface area contributed by atoms with Gasteiger partial charge in [-0.25, -0.2) is 15.0 Å². The zero-order valence-corrected chi connectivity index (χ0v) is 15.4. The average molecular weight is 377 g/mol. The van der Waals surface area contributed by atoms with Crippen molar-refractivity contribution < 1.29 is 9.90 Å². The van der Waals surface area contributed by atoms with Crippen molar-refractivity contribution >= 4 is 18.2 Å². The zero-order valence-electron chi connectivity index (χ0n) is 15.4. The number of nitrogens with one attached hydrogen (secondary N) is 1. The molecule has 0 aromatic carbocycles. The van der Waals surface area contributed by atoms with E-state index in [0.29, 0.717) is 28.3 Å². The monoisotopic (exact) mass is 377 g/mol. The van der Waals surface area contributed by atoms with Gasteiger partial charge in [0.1, 0.15) is 17.5 Å². The number of rotatable bonds is 4. The second kappa shape index (κ2) is 9.59. The van der Waals surface area contributed by atoms with Gasteiger partial charge < -0.3 is 16.2 Å². The van der Waals surface area contributed by atoms with E-state index in [2.05, 4.69) is 31.3 Å². The van der Waals surface area contributed by atoms with Crippen molar-refractivity contribution in [2.75, 3.05) is 11.1 Å². The first kappa shape index (κ1) is 20.3. The van der Waals surface area contributed by atoms with Gasteiger partial charge in [-0.15, -0.1) is 0 Å². The summed E-state index contributed by atoms with van der Waals surface area (Å²) < 4.78 is 0. The first-order valence-corrected chi connectivity index (χ1v) is 8.28. The van der Waals surface area contributed by atoms with Gasteiger partial charge in [0, 0.05) is 47.5 Å². The van der Waals surface area contributed by atoms with E-state index in [9.17, 15) is 5.26 Å².